The maximum Gasteiger partial charge on any atom is 0.257 e. The van der Waals surface area contributed by atoms with Gasteiger partial charge in [0.15, 0.2) is 0 Å². The van der Waals surface area contributed by atoms with Crippen LogP contribution < -0.4 is 10.6 Å². The van der Waals surface area contributed by atoms with E-state index in [1.54, 1.807) is 24.3 Å². The van der Waals surface area contributed by atoms with E-state index in [0.717, 1.165) is 30.7 Å². The van der Waals surface area contributed by atoms with Crippen molar-refractivity contribution >= 4 is 34.0 Å². The van der Waals surface area contributed by atoms with Crippen LogP contribution >= 0.6 is 11.3 Å². The van der Waals surface area contributed by atoms with Crippen LogP contribution in [0.5, 0.6) is 0 Å². The third kappa shape index (κ3) is 6.50. The van der Waals surface area contributed by atoms with Gasteiger partial charge in [-0.2, -0.15) is 0 Å². The van der Waals surface area contributed by atoms with Gasteiger partial charge in [-0.25, -0.2) is 0 Å². The van der Waals surface area contributed by atoms with Gasteiger partial charge < -0.3 is 5.32 Å². The Morgan fingerprint density at radius 3 is 2.41 bits per heavy atom. The highest BCUT2D eigenvalue weighted by Gasteiger charge is 2.11. The number of carbonyl (C=O) groups is 2. The number of amides is 2. The minimum absolute atomic E-state index is 0.0293. The second-order valence-electron chi connectivity index (χ2n) is 6.67. The summed E-state index contributed by atoms with van der Waals surface area (Å²) < 4.78 is 0. The van der Waals surface area contributed by atoms with Crippen LogP contribution in [-0.2, 0) is 17.6 Å². The lowest BCUT2D eigenvalue weighted by atomic mass is 10.1. The summed E-state index contributed by atoms with van der Waals surface area (Å²) in [5, 5.41) is 15.2. The third-order valence-electron chi connectivity index (χ3n) is 4.29. The van der Waals surface area contributed by atoms with Crippen molar-refractivity contribution in [2.24, 2.45) is 0 Å². The molecule has 2 aromatic carbocycles. The molecule has 0 atom stereocenters. The first kappa shape index (κ1) is 20.7. The number of aryl methyl sites for hydroxylation is 2. The Hall–Kier alpha value is -3.06. The van der Waals surface area contributed by atoms with Crippen LogP contribution in [-0.4, -0.2) is 22.0 Å². The average Bonchev–Trinajstić information content (AvgIpc) is 3.16. The molecule has 0 saturated carbocycles. The van der Waals surface area contributed by atoms with Gasteiger partial charge in [-0.1, -0.05) is 48.6 Å². The highest BCUT2D eigenvalue weighted by molar-refractivity contribution is 7.15. The molecule has 150 valence electrons. The molecule has 0 unspecified atom stereocenters. The number of nitrogens with zero attached hydrogens (tertiary/aromatic N) is 2. The minimum Gasteiger partial charge on any atom is -0.326 e. The zero-order valence-electron chi connectivity index (χ0n) is 16.4. The molecule has 1 aromatic heterocycles. The molecular formula is C22H24N4O2S. The lowest BCUT2D eigenvalue weighted by molar-refractivity contribution is -0.116. The van der Waals surface area contributed by atoms with E-state index in [1.165, 1.54) is 16.9 Å². The zero-order chi connectivity index (χ0) is 20.5. The van der Waals surface area contributed by atoms with E-state index in [1.807, 2.05) is 25.1 Å². The summed E-state index contributed by atoms with van der Waals surface area (Å²) in [4.78, 5) is 24.0. The van der Waals surface area contributed by atoms with Gasteiger partial charge in [0.25, 0.3) is 5.91 Å². The Morgan fingerprint density at radius 2 is 1.69 bits per heavy atom. The number of benzene rings is 2. The van der Waals surface area contributed by atoms with Crippen LogP contribution in [0.4, 0.5) is 10.8 Å². The lowest BCUT2D eigenvalue weighted by Gasteiger charge is -2.05. The first-order chi connectivity index (χ1) is 14.1. The average molecular weight is 409 g/mol. The fourth-order valence-electron chi connectivity index (χ4n) is 2.82. The van der Waals surface area contributed by atoms with E-state index >= 15 is 0 Å². The molecule has 3 rings (SSSR count). The van der Waals surface area contributed by atoms with E-state index in [4.69, 9.17) is 0 Å². The van der Waals surface area contributed by atoms with Crippen LogP contribution in [0.1, 0.15) is 47.1 Å². The highest BCUT2D eigenvalue weighted by atomic mass is 32.1. The Labute approximate surface area is 174 Å². The number of nitrogens with one attached hydrogen (secondary N) is 2. The van der Waals surface area contributed by atoms with Gasteiger partial charge in [-0.05, 0) is 49.1 Å². The van der Waals surface area contributed by atoms with E-state index < -0.39 is 0 Å². The molecule has 7 heteroatoms. The van der Waals surface area contributed by atoms with E-state index in [-0.39, 0.29) is 11.8 Å². The van der Waals surface area contributed by atoms with Gasteiger partial charge in [0.2, 0.25) is 11.0 Å². The molecule has 6 nitrogen and oxygen atoms in total. The van der Waals surface area contributed by atoms with Crippen LogP contribution in [0.3, 0.4) is 0 Å². The second kappa shape index (κ2) is 10.5. The van der Waals surface area contributed by atoms with Crippen LogP contribution in [0.2, 0.25) is 0 Å². The van der Waals surface area contributed by atoms with Crippen molar-refractivity contribution in [2.75, 3.05) is 10.6 Å². The predicted molar refractivity (Wildman–Crippen MR) is 116 cm³/mol. The Morgan fingerprint density at radius 1 is 0.931 bits per heavy atom. The molecule has 0 spiro atoms. The molecule has 0 radical (unpaired) electrons. The molecule has 2 N–H and O–H groups in total. The number of hydrogen-bond donors (Lipinski definition) is 2. The molecule has 2 amide bonds. The number of anilines is 2. The molecule has 0 aliphatic rings. The van der Waals surface area contributed by atoms with Gasteiger partial charge in [0.05, 0.1) is 0 Å². The van der Waals surface area contributed by atoms with E-state index in [0.29, 0.717) is 22.8 Å². The van der Waals surface area contributed by atoms with E-state index in [2.05, 4.69) is 33.0 Å². The van der Waals surface area contributed by atoms with Crippen molar-refractivity contribution in [1.82, 2.24) is 10.2 Å². The van der Waals surface area contributed by atoms with Gasteiger partial charge in [-0.3, -0.25) is 14.9 Å². The van der Waals surface area contributed by atoms with Crippen molar-refractivity contribution < 1.29 is 9.59 Å². The maximum absolute atomic E-state index is 12.4. The van der Waals surface area contributed by atoms with Crippen molar-refractivity contribution in [3.63, 3.8) is 0 Å². The summed E-state index contributed by atoms with van der Waals surface area (Å²) >= 11 is 1.40. The van der Waals surface area contributed by atoms with Crippen LogP contribution in [0.15, 0.2) is 54.6 Å². The Balaban J connectivity index is 1.48. The summed E-state index contributed by atoms with van der Waals surface area (Å²) in [5.74, 6) is -0.276. The molecule has 1 heterocycles. The molecule has 3 aromatic rings. The van der Waals surface area contributed by atoms with Crippen molar-refractivity contribution in [2.45, 2.75) is 39.0 Å². The predicted octanol–water partition coefficient (Wildman–Crippen LogP) is 4.70. The Kier molecular flexibility index (Phi) is 7.47. The minimum atomic E-state index is -0.247. The summed E-state index contributed by atoms with van der Waals surface area (Å²) in [6.45, 7) is 1.95. The molecule has 29 heavy (non-hydrogen) atoms. The highest BCUT2D eigenvalue weighted by Crippen LogP contribution is 2.19. The van der Waals surface area contributed by atoms with E-state index in [9.17, 15) is 9.59 Å². The first-order valence-corrected chi connectivity index (χ1v) is 10.5. The number of hydrogen-bond acceptors (Lipinski definition) is 5. The summed E-state index contributed by atoms with van der Waals surface area (Å²) in [5.41, 5.74) is 2.48. The quantitative estimate of drug-likeness (QED) is 0.537. The van der Waals surface area contributed by atoms with Crippen molar-refractivity contribution in [1.29, 1.82) is 0 Å². The molecule has 0 aliphatic carbocycles. The lowest BCUT2D eigenvalue weighted by Crippen LogP contribution is -2.13. The van der Waals surface area contributed by atoms with Gasteiger partial charge >= 0.3 is 0 Å². The smallest absolute Gasteiger partial charge is 0.257 e. The monoisotopic (exact) mass is 408 g/mol. The largest absolute Gasteiger partial charge is 0.326 e. The summed E-state index contributed by atoms with van der Waals surface area (Å²) in [6.07, 6.45) is 4.07. The number of rotatable bonds is 9. The SMILES string of the molecule is CCCC(=O)Nc1ccc(C(=O)Nc2nnc(CCCc3ccccc3)s2)cc1. The van der Waals surface area contributed by atoms with Crippen molar-refractivity contribution in [3.05, 3.63) is 70.7 Å². The summed E-state index contributed by atoms with van der Waals surface area (Å²) in [6, 6.07) is 17.1. The molecular weight excluding hydrogens is 384 g/mol. The van der Waals surface area contributed by atoms with Crippen LogP contribution in [0.25, 0.3) is 0 Å². The zero-order valence-corrected chi connectivity index (χ0v) is 17.2. The first-order valence-electron chi connectivity index (χ1n) is 9.71. The fraction of sp³-hybridized carbons (Fsp3) is 0.273. The topological polar surface area (TPSA) is 84.0 Å². The molecule has 0 fully saturated rings. The van der Waals surface area contributed by atoms with Gasteiger partial charge in [-0.15, -0.1) is 10.2 Å². The summed E-state index contributed by atoms with van der Waals surface area (Å²) in [7, 11) is 0. The van der Waals surface area contributed by atoms with Gasteiger partial charge in [0.1, 0.15) is 5.01 Å². The number of aromatic nitrogens is 2. The molecule has 0 saturated heterocycles. The Bertz CT molecular complexity index is 939. The number of carbonyl (C=O) groups excluding carboxylic acids is 2. The molecule has 0 aliphatic heterocycles. The van der Waals surface area contributed by atoms with Gasteiger partial charge in [0, 0.05) is 24.1 Å². The second-order valence-corrected chi connectivity index (χ2v) is 7.73. The van der Waals surface area contributed by atoms with Crippen LogP contribution in [0, 0.1) is 0 Å². The fourth-order valence-corrected chi connectivity index (χ4v) is 3.59. The standard InChI is InChI=1S/C22H24N4O2S/c1-2-7-19(27)23-18-14-12-17(13-15-18)21(28)24-22-26-25-20(29-22)11-6-10-16-8-4-3-5-9-16/h3-5,8-9,12-15H,2,6-7,10-11H2,1H3,(H,23,27)(H,24,26,28). The third-order valence-corrected chi connectivity index (χ3v) is 5.19. The molecule has 0 bridgehead atoms. The van der Waals surface area contributed by atoms with Crippen molar-refractivity contribution in [3.8, 4) is 0 Å². The maximum atomic E-state index is 12.4. The normalized spacial score (nSPS) is 10.5.